The predicted octanol–water partition coefficient (Wildman–Crippen LogP) is 2.73. The lowest BCUT2D eigenvalue weighted by Gasteiger charge is -2.13. The normalized spacial score (nSPS) is 12.4. The van der Waals surface area contributed by atoms with Gasteiger partial charge in [0.2, 0.25) is 0 Å². The zero-order valence-electron chi connectivity index (χ0n) is 12.4. The molecule has 0 saturated heterocycles. The number of aromatic nitrogens is 1. The first-order valence-corrected chi connectivity index (χ1v) is 7.06. The minimum absolute atomic E-state index is 0.00305. The summed E-state index contributed by atoms with van der Waals surface area (Å²) >= 11 is 0. The van der Waals surface area contributed by atoms with Gasteiger partial charge in [-0.1, -0.05) is 25.1 Å². The first-order chi connectivity index (χ1) is 9.51. The molecule has 0 radical (unpaired) electrons. The van der Waals surface area contributed by atoms with E-state index in [4.69, 9.17) is 5.73 Å². The van der Waals surface area contributed by atoms with Crippen LogP contribution in [0.4, 0.5) is 0 Å². The van der Waals surface area contributed by atoms with Crippen LogP contribution in [0, 0.1) is 13.8 Å². The van der Waals surface area contributed by atoms with E-state index >= 15 is 0 Å². The Balaban J connectivity index is 2.39. The summed E-state index contributed by atoms with van der Waals surface area (Å²) in [5.74, 6) is 0. The Morgan fingerprint density at radius 3 is 2.60 bits per heavy atom. The third-order valence-electron chi connectivity index (χ3n) is 3.60. The Kier molecular flexibility index (Phi) is 4.40. The number of benzene rings is 1. The molecule has 1 aromatic heterocycles. The van der Waals surface area contributed by atoms with E-state index in [1.165, 1.54) is 5.56 Å². The highest BCUT2D eigenvalue weighted by molar-refractivity contribution is 5.43. The van der Waals surface area contributed by atoms with Crippen molar-refractivity contribution in [1.82, 2.24) is 4.57 Å². The third-order valence-corrected chi connectivity index (χ3v) is 3.60. The molecule has 0 aliphatic rings. The number of rotatable bonds is 4. The average Bonchev–Trinajstić information content (AvgIpc) is 2.42. The van der Waals surface area contributed by atoms with Gasteiger partial charge in [-0.15, -0.1) is 0 Å². The van der Waals surface area contributed by atoms with Crippen LogP contribution in [-0.2, 0) is 6.42 Å². The van der Waals surface area contributed by atoms with E-state index in [1.807, 2.05) is 32.2 Å². The van der Waals surface area contributed by atoms with Crippen molar-refractivity contribution in [2.75, 3.05) is 0 Å². The van der Waals surface area contributed by atoms with Gasteiger partial charge in [0.15, 0.2) is 0 Å². The van der Waals surface area contributed by atoms with Crippen LogP contribution in [0.2, 0.25) is 0 Å². The maximum atomic E-state index is 12.0. The van der Waals surface area contributed by atoms with E-state index in [-0.39, 0.29) is 11.6 Å². The molecule has 0 amide bonds. The van der Waals surface area contributed by atoms with Crippen LogP contribution >= 0.6 is 0 Å². The van der Waals surface area contributed by atoms with Gasteiger partial charge in [0.05, 0.1) is 5.69 Å². The number of aryl methyl sites for hydroxylation is 2. The molecular weight excluding hydrogens is 248 g/mol. The Hall–Kier alpha value is -1.87. The summed E-state index contributed by atoms with van der Waals surface area (Å²) < 4.78 is 1.70. The SMILES string of the molecule is CCC(N)Cc1ccc(-n2cc(C)ccc2=O)c(C)c1. The van der Waals surface area contributed by atoms with Crippen LogP contribution in [0.25, 0.3) is 5.69 Å². The minimum Gasteiger partial charge on any atom is -0.327 e. The molecule has 1 heterocycles. The lowest BCUT2D eigenvalue weighted by molar-refractivity contribution is 0.646. The monoisotopic (exact) mass is 270 g/mol. The molecule has 3 heteroatoms. The molecule has 0 aliphatic carbocycles. The molecule has 1 aromatic carbocycles. The van der Waals surface area contributed by atoms with Crippen molar-refractivity contribution >= 4 is 0 Å². The second-order valence-corrected chi connectivity index (χ2v) is 5.41. The largest absolute Gasteiger partial charge is 0.327 e. The smallest absolute Gasteiger partial charge is 0.255 e. The third kappa shape index (κ3) is 3.17. The van der Waals surface area contributed by atoms with E-state index in [2.05, 4.69) is 19.1 Å². The molecular formula is C17H22N2O. The number of hydrogen-bond donors (Lipinski definition) is 1. The fourth-order valence-electron chi connectivity index (χ4n) is 2.34. The summed E-state index contributed by atoms with van der Waals surface area (Å²) in [5.41, 5.74) is 10.3. The summed E-state index contributed by atoms with van der Waals surface area (Å²) in [6, 6.07) is 9.83. The second-order valence-electron chi connectivity index (χ2n) is 5.41. The maximum Gasteiger partial charge on any atom is 0.255 e. The van der Waals surface area contributed by atoms with E-state index in [1.54, 1.807) is 10.6 Å². The molecule has 0 spiro atoms. The highest BCUT2D eigenvalue weighted by atomic mass is 16.1. The van der Waals surface area contributed by atoms with Gasteiger partial charge in [0, 0.05) is 18.3 Å². The van der Waals surface area contributed by atoms with E-state index in [0.29, 0.717) is 0 Å². The first-order valence-electron chi connectivity index (χ1n) is 7.06. The topological polar surface area (TPSA) is 48.0 Å². The van der Waals surface area contributed by atoms with Gasteiger partial charge < -0.3 is 5.73 Å². The van der Waals surface area contributed by atoms with E-state index < -0.39 is 0 Å². The maximum absolute atomic E-state index is 12.0. The fraction of sp³-hybridized carbons (Fsp3) is 0.353. The van der Waals surface area contributed by atoms with Crippen molar-refractivity contribution < 1.29 is 0 Å². The molecule has 1 unspecified atom stereocenters. The molecule has 3 nitrogen and oxygen atoms in total. The molecule has 0 saturated carbocycles. The zero-order chi connectivity index (χ0) is 14.7. The van der Waals surface area contributed by atoms with Crippen molar-refractivity contribution in [3.05, 3.63) is 63.6 Å². The minimum atomic E-state index is -0.00305. The standard InChI is InChI=1S/C17H22N2O/c1-4-15(18)10-14-6-7-16(13(3)9-14)19-11-12(2)5-8-17(19)20/h5-9,11,15H,4,10,18H2,1-3H3. The Labute approximate surface area is 120 Å². The van der Waals surface area contributed by atoms with Crippen molar-refractivity contribution in [2.24, 2.45) is 5.73 Å². The Bertz CT molecular complexity index is 658. The van der Waals surface area contributed by atoms with Gasteiger partial charge in [-0.05, 0) is 49.4 Å². The van der Waals surface area contributed by atoms with Crippen LogP contribution in [0.3, 0.4) is 0 Å². The van der Waals surface area contributed by atoms with Gasteiger partial charge in [0.1, 0.15) is 0 Å². The summed E-state index contributed by atoms with van der Waals surface area (Å²) in [6.07, 6.45) is 3.72. The molecule has 0 bridgehead atoms. The molecule has 2 rings (SSSR count). The quantitative estimate of drug-likeness (QED) is 0.928. The van der Waals surface area contributed by atoms with Gasteiger partial charge in [0.25, 0.3) is 5.56 Å². The van der Waals surface area contributed by atoms with Gasteiger partial charge >= 0.3 is 0 Å². The molecule has 2 N–H and O–H groups in total. The highest BCUT2D eigenvalue weighted by Crippen LogP contribution is 2.16. The number of nitrogens with two attached hydrogens (primary N) is 1. The summed E-state index contributed by atoms with van der Waals surface area (Å²) in [6.45, 7) is 6.11. The van der Waals surface area contributed by atoms with Crippen molar-refractivity contribution in [3.8, 4) is 5.69 Å². The fourth-order valence-corrected chi connectivity index (χ4v) is 2.34. The molecule has 0 aliphatic heterocycles. The highest BCUT2D eigenvalue weighted by Gasteiger charge is 2.07. The van der Waals surface area contributed by atoms with Crippen LogP contribution in [-0.4, -0.2) is 10.6 Å². The van der Waals surface area contributed by atoms with Gasteiger partial charge in [-0.25, -0.2) is 0 Å². The molecule has 106 valence electrons. The number of pyridine rings is 1. The van der Waals surface area contributed by atoms with Crippen molar-refractivity contribution in [2.45, 2.75) is 39.7 Å². The second kappa shape index (κ2) is 6.06. The summed E-state index contributed by atoms with van der Waals surface area (Å²) in [5, 5.41) is 0. The van der Waals surface area contributed by atoms with Crippen molar-refractivity contribution in [3.63, 3.8) is 0 Å². The van der Waals surface area contributed by atoms with Crippen LogP contribution < -0.4 is 11.3 Å². The van der Waals surface area contributed by atoms with Gasteiger partial charge in [-0.3, -0.25) is 9.36 Å². The van der Waals surface area contributed by atoms with E-state index in [9.17, 15) is 4.79 Å². The summed E-state index contributed by atoms with van der Waals surface area (Å²) in [4.78, 5) is 12.0. The molecule has 1 atom stereocenters. The average molecular weight is 270 g/mol. The molecule has 0 fully saturated rings. The first kappa shape index (κ1) is 14.5. The summed E-state index contributed by atoms with van der Waals surface area (Å²) in [7, 11) is 0. The van der Waals surface area contributed by atoms with Crippen molar-refractivity contribution in [1.29, 1.82) is 0 Å². The number of hydrogen-bond acceptors (Lipinski definition) is 2. The van der Waals surface area contributed by atoms with Gasteiger partial charge in [-0.2, -0.15) is 0 Å². The molecule has 20 heavy (non-hydrogen) atoms. The van der Waals surface area contributed by atoms with Crippen LogP contribution in [0.1, 0.15) is 30.0 Å². The molecule has 2 aromatic rings. The zero-order valence-corrected chi connectivity index (χ0v) is 12.4. The predicted molar refractivity (Wildman–Crippen MR) is 83.5 cm³/mol. The number of nitrogens with zero attached hydrogens (tertiary/aromatic N) is 1. The lowest BCUT2D eigenvalue weighted by atomic mass is 10.0. The van der Waals surface area contributed by atoms with E-state index in [0.717, 1.165) is 29.7 Å². The lowest BCUT2D eigenvalue weighted by Crippen LogP contribution is -2.21. The Morgan fingerprint density at radius 1 is 1.20 bits per heavy atom. The Morgan fingerprint density at radius 2 is 1.95 bits per heavy atom. The van der Waals surface area contributed by atoms with Crippen LogP contribution in [0.5, 0.6) is 0 Å². The van der Waals surface area contributed by atoms with Crippen LogP contribution in [0.15, 0.2) is 41.3 Å².